The Hall–Kier alpha value is -5.16. The van der Waals surface area contributed by atoms with Crippen molar-refractivity contribution in [2.75, 3.05) is 4.90 Å². The number of hydrogen-bond acceptors (Lipinski definition) is 5. The first-order chi connectivity index (χ1) is 18.3. The molecule has 5 nitrogen and oxygen atoms in total. The molecule has 4 heterocycles. The van der Waals surface area contributed by atoms with E-state index in [0.29, 0.717) is 0 Å². The number of furan rings is 2. The molecule has 0 fully saturated rings. The third-order valence-electron chi connectivity index (χ3n) is 6.99. The molecule has 174 valence electrons. The second-order valence-corrected chi connectivity index (χ2v) is 9.12. The van der Waals surface area contributed by atoms with Crippen molar-refractivity contribution < 1.29 is 8.83 Å². The molecule has 0 N–H and O–H groups in total. The molecule has 0 aliphatic carbocycles. The summed E-state index contributed by atoms with van der Waals surface area (Å²) in [6.45, 7) is 0. The van der Waals surface area contributed by atoms with Crippen LogP contribution in [-0.2, 0) is 0 Å². The summed E-state index contributed by atoms with van der Waals surface area (Å²) in [4.78, 5) is 11.2. The molecule has 8 aromatic rings. The van der Waals surface area contributed by atoms with Gasteiger partial charge >= 0.3 is 0 Å². The summed E-state index contributed by atoms with van der Waals surface area (Å²) in [5.41, 5.74) is 7.25. The molecule has 37 heavy (non-hydrogen) atoms. The summed E-state index contributed by atoms with van der Waals surface area (Å²) in [6.07, 6.45) is 5.42. The summed E-state index contributed by atoms with van der Waals surface area (Å²) in [5.74, 6) is 0. The van der Waals surface area contributed by atoms with Crippen LogP contribution in [0.3, 0.4) is 0 Å². The van der Waals surface area contributed by atoms with Crippen molar-refractivity contribution >= 4 is 71.8 Å². The third kappa shape index (κ3) is 3.04. The van der Waals surface area contributed by atoms with Crippen LogP contribution in [-0.4, -0.2) is 9.97 Å². The van der Waals surface area contributed by atoms with E-state index in [4.69, 9.17) is 8.83 Å². The fraction of sp³-hybridized carbons (Fsp3) is 0. The Morgan fingerprint density at radius 3 is 2.22 bits per heavy atom. The minimum Gasteiger partial charge on any atom is -0.456 e. The van der Waals surface area contributed by atoms with Gasteiger partial charge in [0.1, 0.15) is 22.3 Å². The minimum atomic E-state index is 0.783. The minimum absolute atomic E-state index is 0.783. The molecule has 8 rings (SSSR count). The Morgan fingerprint density at radius 1 is 0.541 bits per heavy atom. The molecule has 0 amide bonds. The monoisotopic (exact) mass is 477 g/mol. The van der Waals surface area contributed by atoms with Crippen LogP contribution in [0.1, 0.15) is 0 Å². The maximum absolute atomic E-state index is 6.09. The Bertz CT molecular complexity index is 2000. The molecule has 0 radical (unpaired) electrons. The molecule has 0 unspecified atom stereocenters. The van der Waals surface area contributed by atoms with E-state index in [-0.39, 0.29) is 0 Å². The number of aromatic nitrogens is 2. The average Bonchev–Trinajstić information content (AvgIpc) is 3.51. The van der Waals surface area contributed by atoms with Crippen LogP contribution in [0.4, 0.5) is 17.1 Å². The molecule has 0 atom stereocenters. The number of anilines is 3. The zero-order chi connectivity index (χ0) is 24.3. The largest absolute Gasteiger partial charge is 0.456 e. The molecule has 0 saturated heterocycles. The summed E-state index contributed by atoms with van der Waals surface area (Å²) < 4.78 is 12.1. The number of hydrogen-bond donors (Lipinski definition) is 0. The van der Waals surface area contributed by atoms with E-state index in [0.717, 1.165) is 61.1 Å². The molecular formula is C32H19N3O2. The van der Waals surface area contributed by atoms with E-state index in [2.05, 4.69) is 81.6 Å². The lowest BCUT2D eigenvalue weighted by atomic mass is 10.1. The zero-order valence-corrected chi connectivity index (χ0v) is 19.6. The highest BCUT2D eigenvalue weighted by Gasteiger charge is 2.19. The molecule has 0 aliphatic heterocycles. The van der Waals surface area contributed by atoms with E-state index in [1.807, 2.05) is 36.5 Å². The van der Waals surface area contributed by atoms with Crippen LogP contribution in [0.2, 0.25) is 0 Å². The smallest absolute Gasteiger partial charge is 0.153 e. The van der Waals surface area contributed by atoms with Gasteiger partial charge in [-0.15, -0.1) is 0 Å². The topological polar surface area (TPSA) is 55.3 Å². The molecule has 0 aliphatic rings. The van der Waals surface area contributed by atoms with Crippen LogP contribution >= 0.6 is 0 Å². The number of rotatable bonds is 3. The Labute approximate surface area is 211 Å². The fourth-order valence-electron chi connectivity index (χ4n) is 5.30. The van der Waals surface area contributed by atoms with Crippen molar-refractivity contribution in [1.82, 2.24) is 9.97 Å². The van der Waals surface area contributed by atoms with Crippen molar-refractivity contribution in [2.24, 2.45) is 0 Å². The van der Waals surface area contributed by atoms with E-state index >= 15 is 0 Å². The van der Waals surface area contributed by atoms with Gasteiger partial charge in [-0.25, -0.2) is 0 Å². The lowest BCUT2D eigenvalue weighted by Gasteiger charge is -2.27. The van der Waals surface area contributed by atoms with E-state index in [1.54, 1.807) is 12.4 Å². The van der Waals surface area contributed by atoms with Crippen LogP contribution < -0.4 is 4.90 Å². The Kier molecular flexibility index (Phi) is 4.16. The van der Waals surface area contributed by atoms with Crippen molar-refractivity contribution in [3.63, 3.8) is 0 Å². The normalized spacial score (nSPS) is 11.8. The fourth-order valence-corrected chi connectivity index (χ4v) is 5.30. The van der Waals surface area contributed by atoms with Gasteiger partial charge in [-0.3, -0.25) is 9.97 Å². The van der Waals surface area contributed by atoms with E-state index in [9.17, 15) is 0 Å². The van der Waals surface area contributed by atoms with Gasteiger partial charge in [-0.1, -0.05) is 36.4 Å². The second kappa shape index (κ2) is 7.67. The van der Waals surface area contributed by atoms with Crippen LogP contribution in [0.5, 0.6) is 0 Å². The first-order valence-corrected chi connectivity index (χ1v) is 12.1. The molecule has 0 bridgehead atoms. The molecule has 4 aromatic heterocycles. The van der Waals surface area contributed by atoms with Crippen molar-refractivity contribution in [1.29, 1.82) is 0 Å². The standard InChI is InChI=1S/C32H19N3O2/c1-2-7-23-20(5-1)6-3-8-27(23)35(21-10-12-28-24(17-21)26-19-33-16-14-30(26)36-28)22-11-13-29-25(18-22)32-31(37-29)9-4-15-34-32/h1-19H. The predicted octanol–water partition coefficient (Wildman–Crippen LogP) is 8.90. The van der Waals surface area contributed by atoms with Crippen LogP contribution in [0, 0.1) is 0 Å². The SMILES string of the molecule is c1ccc2c(N(c3ccc4oc5ccncc5c4c3)c3ccc4oc5cccnc5c4c3)cccc2c1. The predicted molar refractivity (Wildman–Crippen MR) is 149 cm³/mol. The third-order valence-corrected chi connectivity index (χ3v) is 6.99. The molecule has 0 spiro atoms. The summed E-state index contributed by atoms with van der Waals surface area (Å²) in [7, 11) is 0. The van der Waals surface area contributed by atoms with Gasteiger partial charge in [0.15, 0.2) is 5.58 Å². The maximum atomic E-state index is 6.09. The lowest BCUT2D eigenvalue weighted by Crippen LogP contribution is -2.10. The second-order valence-electron chi connectivity index (χ2n) is 9.12. The first-order valence-electron chi connectivity index (χ1n) is 12.1. The molecule has 5 heteroatoms. The van der Waals surface area contributed by atoms with Crippen molar-refractivity contribution in [2.45, 2.75) is 0 Å². The van der Waals surface area contributed by atoms with Gasteiger partial charge < -0.3 is 13.7 Å². The van der Waals surface area contributed by atoms with Gasteiger partial charge in [0.2, 0.25) is 0 Å². The van der Waals surface area contributed by atoms with Gasteiger partial charge in [0.25, 0.3) is 0 Å². The summed E-state index contributed by atoms with van der Waals surface area (Å²) >= 11 is 0. The number of benzene rings is 4. The Balaban J connectivity index is 1.43. The van der Waals surface area contributed by atoms with Gasteiger partial charge in [0, 0.05) is 51.5 Å². The van der Waals surface area contributed by atoms with Gasteiger partial charge in [-0.2, -0.15) is 0 Å². The highest BCUT2D eigenvalue weighted by molar-refractivity contribution is 6.08. The van der Waals surface area contributed by atoms with Crippen molar-refractivity contribution in [3.8, 4) is 0 Å². The molecular weight excluding hydrogens is 458 g/mol. The van der Waals surface area contributed by atoms with Crippen molar-refractivity contribution in [3.05, 3.63) is 116 Å². The quantitative estimate of drug-likeness (QED) is 0.254. The van der Waals surface area contributed by atoms with E-state index in [1.165, 1.54) is 10.8 Å². The Morgan fingerprint density at radius 2 is 1.30 bits per heavy atom. The summed E-state index contributed by atoms with van der Waals surface area (Å²) in [5, 5.41) is 5.36. The number of fused-ring (bicyclic) bond motifs is 7. The van der Waals surface area contributed by atoms with Gasteiger partial charge in [0.05, 0.1) is 5.69 Å². The van der Waals surface area contributed by atoms with Crippen LogP contribution in [0.25, 0.3) is 54.8 Å². The lowest BCUT2D eigenvalue weighted by molar-refractivity contribution is 0.668. The van der Waals surface area contributed by atoms with Gasteiger partial charge in [-0.05, 0) is 66.0 Å². The zero-order valence-electron chi connectivity index (χ0n) is 19.6. The van der Waals surface area contributed by atoms with Crippen LogP contribution in [0.15, 0.2) is 124 Å². The molecule has 0 saturated carbocycles. The maximum Gasteiger partial charge on any atom is 0.153 e. The summed E-state index contributed by atoms with van der Waals surface area (Å²) in [6, 6.07) is 33.3. The highest BCUT2D eigenvalue weighted by atomic mass is 16.3. The average molecular weight is 478 g/mol. The number of nitrogens with zero attached hydrogens (tertiary/aromatic N) is 3. The number of pyridine rings is 2. The molecule has 4 aromatic carbocycles. The van der Waals surface area contributed by atoms with E-state index < -0.39 is 0 Å². The first kappa shape index (κ1) is 20.1. The highest BCUT2D eigenvalue weighted by Crippen LogP contribution is 2.42.